The number of ether oxygens (including phenoxy) is 1. The normalized spacial score (nSPS) is 22.1. The Morgan fingerprint density at radius 1 is 1.41 bits per heavy atom. The molecule has 39 heavy (non-hydrogen) atoms. The number of nitrogens with one attached hydrogen (secondary N) is 1. The number of hydrogen-bond acceptors (Lipinski definition) is 14. The van der Waals surface area contributed by atoms with E-state index in [1.54, 1.807) is 0 Å². The van der Waals surface area contributed by atoms with Gasteiger partial charge in [0.15, 0.2) is 5.13 Å². The molecular formula is C22H23N7O7S3. The van der Waals surface area contributed by atoms with Crippen LogP contribution in [-0.4, -0.2) is 78.2 Å². The monoisotopic (exact) mass is 593 g/mol. The number of nitro groups is 1. The van der Waals surface area contributed by atoms with E-state index in [0.29, 0.717) is 28.7 Å². The number of thioether (sulfide) groups is 2. The second kappa shape index (κ2) is 12.4. The number of non-ortho nitro benzene ring substituents is 1. The van der Waals surface area contributed by atoms with Crippen LogP contribution in [0.3, 0.4) is 0 Å². The molecule has 0 aliphatic carbocycles. The van der Waals surface area contributed by atoms with Gasteiger partial charge in [0.25, 0.3) is 11.6 Å². The molecule has 0 saturated carbocycles. The molecule has 17 heteroatoms. The van der Waals surface area contributed by atoms with Crippen LogP contribution in [0.15, 0.2) is 41.4 Å². The van der Waals surface area contributed by atoms with Crippen molar-refractivity contribution >= 4 is 69.9 Å². The molecule has 2 fully saturated rings. The number of carbonyl (C=O) groups excluding carboxylic acids is 3. The smallest absolute Gasteiger partial charge is 0.325 e. The summed E-state index contributed by atoms with van der Waals surface area (Å²) in [6.45, 7) is 3.86. The lowest BCUT2D eigenvalue weighted by Gasteiger charge is -2.53. The van der Waals surface area contributed by atoms with Crippen LogP contribution >= 0.6 is 35.1 Å². The average molecular weight is 594 g/mol. The Kier molecular flexibility index (Phi) is 9.03. The lowest BCUT2D eigenvalue weighted by atomic mass is 10.0. The van der Waals surface area contributed by atoms with Crippen molar-refractivity contribution in [1.29, 1.82) is 0 Å². The zero-order valence-corrected chi connectivity index (χ0v) is 22.7. The Labute approximate surface area is 234 Å². The number of carbonyl (C=O) groups is 3. The summed E-state index contributed by atoms with van der Waals surface area (Å²) in [5.74, 6) is -0.622. The van der Waals surface area contributed by atoms with Gasteiger partial charge in [0.05, 0.1) is 4.92 Å². The fourth-order valence-corrected chi connectivity index (χ4v) is 6.81. The molecule has 206 valence electrons. The van der Waals surface area contributed by atoms with Crippen LogP contribution in [0.4, 0.5) is 10.8 Å². The van der Waals surface area contributed by atoms with Crippen LogP contribution in [0.2, 0.25) is 0 Å². The van der Waals surface area contributed by atoms with Crippen LogP contribution in [0, 0.1) is 10.1 Å². The molecule has 4 rings (SSSR count). The first-order valence-corrected chi connectivity index (χ1v) is 14.1. The standard InChI is InChI=1S/C22H23N7O7S3/c1-2-38-22(20(32)35-10-13-3-5-14(6-4-13)29(33)34)11-28-18(31)17(19(28)37-12-22)26-16(30)9-24-36-8-7-15-25-21(23)39-27-15/h2-6,9,17,19H,1,7-8,10-12H2,(H,26,30)(H2,23,25,27)/t17?,19-,22?/m1/s1. The van der Waals surface area contributed by atoms with Crippen LogP contribution in [0.5, 0.6) is 0 Å². The molecule has 2 amide bonds. The molecule has 3 atom stereocenters. The Bertz CT molecular complexity index is 1290. The first-order valence-electron chi connectivity index (χ1n) is 11.4. The number of nitro benzene ring substituents is 1. The maximum Gasteiger partial charge on any atom is 0.325 e. The second-order valence-corrected chi connectivity index (χ2v) is 11.5. The van der Waals surface area contributed by atoms with Gasteiger partial charge in [0.2, 0.25) is 5.91 Å². The molecule has 3 N–H and O–H groups in total. The number of nitrogens with two attached hydrogens (primary N) is 1. The molecule has 1 aromatic heterocycles. The Morgan fingerprint density at radius 3 is 2.85 bits per heavy atom. The SMILES string of the molecule is C=CSC1(C(=O)OCc2ccc([N+](=O)[O-])cc2)CS[C@@H]2C(NC(=O)C=NOCCc3nsc(N)n3)C(=O)N2C1. The van der Waals surface area contributed by atoms with Crippen LogP contribution in [0.25, 0.3) is 0 Å². The molecule has 0 spiro atoms. The van der Waals surface area contributed by atoms with Gasteiger partial charge in [-0.15, -0.1) is 23.5 Å². The molecule has 0 radical (unpaired) electrons. The first-order chi connectivity index (χ1) is 18.7. The van der Waals surface area contributed by atoms with Gasteiger partial charge in [-0.05, 0) is 23.1 Å². The van der Waals surface area contributed by atoms with Crippen molar-refractivity contribution in [3.8, 4) is 0 Å². The number of nitrogen functional groups attached to an aromatic ring is 1. The third-order valence-electron chi connectivity index (χ3n) is 5.70. The summed E-state index contributed by atoms with van der Waals surface area (Å²) < 4.78 is 8.44. The van der Waals surface area contributed by atoms with Crippen LogP contribution in [0.1, 0.15) is 11.4 Å². The molecule has 2 aliphatic heterocycles. The number of benzene rings is 1. The third-order valence-corrected chi connectivity index (χ3v) is 9.04. The number of hydrogen-bond donors (Lipinski definition) is 2. The summed E-state index contributed by atoms with van der Waals surface area (Å²) in [4.78, 5) is 59.0. The lowest BCUT2D eigenvalue weighted by Crippen LogP contribution is -2.74. The number of fused-ring (bicyclic) bond motifs is 1. The van der Waals surface area contributed by atoms with Crippen molar-refractivity contribution in [2.75, 3.05) is 24.6 Å². The molecule has 2 unspecified atom stereocenters. The van der Waals surface area contributed by atoms with E-state index in [0.717, 1.165) is 17.7 Å². The predicted molar refractivity (Wildman–Crippen MR) is 146 cm³/mol. The van der Waals surface area contributed by atoms with E-state index in [2.05, 4.69) is 26.4 Å². The van der Waals surface area contributed by atoms with Crippen molar-refractivity contribution in [3.63, 3.8) is 0 Å². The number of anilines is 1. The van der Waals surface area contributed by atoms with Crippen LogP contribution < -0.4 is 11.1 Å². The van der Waals surface area contributed by atoms with E-state index >= 15 is 0 Å². The Balaban J connectivity index is 1.26. The third kappa shape index (κ3) is 6.66. The molecule has 14 nitrogen and oxygen atoms in total. The molecular weight excluding hydrogens is 570 g/mol. The van der Waals surface area contributed by atoms with Crippen molar-refractivity contribution in [2.45, 2.75) is 29.2 Å². The maximum absolute atomic E-state index is 13.1. The highest BCUT2D eigenvalue weighted by molar-refractivity contribution is 8.06. The molecule has 1 aromatic carbocycles. The van der Waals surface area contributed by atoms with E-state index in [9.17, 15) is 24.5 Å². The summed E-state index contributed by atoms with van der Waals surface area (Å²) in [7, 11) is 0. The Morgan fingerprint density at radius 2 is 2.18 bits per heavy atom. The molecule has 2 aliphatic rings. The topological polar surface area (TPSA) is 192 Å². The number of aromatic nitrogens is 2. The number of β-lactam (4-membered cyclic amide) rings is 1. The second-order valence-electron chi connectivity index (χ2n) is 8.30. The predicted octanol–water partition coefficient (Wildman–Crippen LogP) is 1.33. The summed E-state index contributed by atoms with van der Waals surface area (Å²) in [6, 6.07) is 4.93. The van der Waals surface area contributed by atoms with Gasteiger partial charge >= 0.3 is 5.97 Å². The van der Waals surface area contributed by atoms with Gasteiger partial charge in [-0.2, -0.15) is 4.37 Å². The van der Waals surface area contributed by atoms with Gasteiger partial charge in [-0.1, -0.05) is 11.7 Å². The summed E-state index contributed by atoms with van der Waals surface area (Å²) in [5.41, 5.74) is 6.03. The summed E-state index contributed by atoms with van der Waals surface area (Å²) >= 11 is 3.59. The van der Waals surface area contributed by atoms with Gasteiger partial charge < -0.3 is 25.5 Å². The molecule has 3 heterocycles. The van der Waals surface area contributed by atoms with Crippen molar-refractivity contribution in [1.82, 2.24) is 19.6 Å². The largest absolute Gasteiger partial charge is 0.460 e. The van der Waals surface area contributed by atoms with Gasteiger partial charge in [0, 0.05) is 42.4 Å². The first kappa shape index (κ1) is 28.3. The highest BCUT2D eigenvalue weighted by Crippen LogP contribution is 2.44. The summed E-state index contributed by atoms with van der Waals surface area (Å²) in [5, 5.41) is 18.6. The summed E-state index contributed by atoms with van der Waals surface area (Å²) in [6.07, 6.45) is 1.32. The van der Waals surface area contributed by atoms with E-state index in [-0.39, 0.29) is 36.7 Å². The van der Waals surface area contributed by atoms with E-state index in [1.807, 2.05) is 0 Å². The van der Waals surface area contributed by atoms with Crippen LogP contribution in [-0.2, 0) is 37.0 Å². The van der Waals surface area contributed by atoms with E-state index < -0.39 is 27.6 Å². The maximum atomic E-state index is 13.1. The number of rotatable bonds is 12. The minimum atomic E-state index is -1.08. The van der Waals surface area contributed by atoms with E-state index in [1.165, 1.54) is 58.1 Å². The quantitative estimate of drug-likeness (QED) is 0.0897. The highest BCUT2D eigenvalue weighted by Gasteiger charge is 2.58. The zero-order chi connectivity index (χ0) is 28.0. The minimum Gasteiger partial charge on any atom is -0.460 e. The number of nitrogens with zero attached hydrogens (tertiary/aromatic N) is 5. The minimum absolute atomic E-state index is 0.0644. The number of esters is 1. The number of oxime groups is 1. The average Bonchev–Trinajstić information content (AvgIpc) is 3.35. The van der Waals surface area contributed by atoms with Gasteiger partial charge in [0.1, 0.15) is 41.4 Å². The van der Waals surface area contributed by atoms with Crippen molar-refractivity contribution in [3.05, 3.63) is 57.8 Å². The molecule has 2 aromatic rings. The molecule has 0 bridgehead atoms. The van der Waals surface area contributed by atoms with Gasteiger partial charge in [-0.25, -0.2) is 4.98 Å². The fourth-order valence-electron chi connectivity index (χ4n) is 3.78. The Hall–Kier alpha value is -3.70. The zero-order valence-electron chi connectivity index (χ0n) is 20.3. The van der Waals surface area contributed by atoms with E-state index in [4.69, 9.17) is 15.3 Å². The van der Waals surface area contributed by atoms with Crippen molar-refractivity contribution in [2.24, 2.45) is 5.16 Å². The number of amides is 2. The highest BCUT2D eigenvalue weighted by atomic mass is 32.2. The van der Waals surface area contributed by atoms with Gasteiger partial charge in [-0.3, -0.25) is 24.5 Å². The molecule has 2 saturated heterocycles. The van der Waals surface area contributed by atoms with Crippen molar-refractivity contribution < 1.29 is 28.9 Å². The lowest BCUT2D eigenvalue weighted by molar-refractivity contribution is -0.384. The fraction of sp³-hybridized carbons (Fsp3) is 0.364.